The van der Waals surface area contributed by atoms with E-state index in [1.807, 2.05) is 0 Å². The summed E-state index contributed by atoms with van der Waals surface area (Å²) in [4.78, 5) is 0. The molecule has 0 aliphatic carbocycles. The Morgan fingerprint density at radius 1 is 1.11 bits per heavy atom. The topological polar surface area (TPSA) is 46.2 Å². The monoisotopic (exact) mass is 169 g/mol. The summed E-state index contributed by atoms with van der Waals surface area (Å²) in [5.74, 6) is 6.51. The van der Waals surface area contributed by atoms with Crippen molar-refractivity contribution in [1.82, 2.24) is 4.13 Å². The molecule has 0 fully saturated rings. The molecular formula is C4H11NO2S2. The molecule has 3 nitrogen and oxygen atoms in total. The smallest absolute Gasteiger partial charge is 0.0326 e. The first-order valence-corrected chi connectivity index (χ1v) is 6.41. The minimum Gasteiger partial charge on any atom is -0.252 e. The second-order valence-electron chi connectivity index (χ2n) is 2.09. The van der Waals surface area contributed by atoms with Crippen molar-refractivity contribution >= 4 is 31.2 Å². The molecule has 0 bridgehead atoms. The summed E-state index contributed by atoms with van der Waals surface area (Å²) in [6.07, 6.45) is 2.75. The molecule has 0 radical (unpaired) electrons. The maximum absolute atomic E-state index is 10.8. The van der Waals surface area contributed by atoms with Crippen LogP contribution in [0.2, 0.25) is 0 Å². The zero-order chi connectivity index (χ0) is 7.71. The summed E-state index contributed by atoms with van der Waals surface area (Å²) in [6.45, 7) is 0. The summed E-state index contributed by atoms with van der Waals surface area (Å²) in [5.41, 5.74) is 0. The predicted octanol–water partition coefficient (Wildman–Crippen LogP) is -0.902. The lowest BCUT2D eigenvalue weighted by atomic mass is 11.9. The van der Waals surface area contributed by atoms with Crippen molar-refractivity contribution < 1.29 is 8.42 Å². The Kier molecular flexibility index (Phi) is 2.32. The van der Waals surface area contributed by atoms with Crippen LogP contribution in [0.1, 0.15) is 0 Å². The molecule has 0 aromatic rings. The van der Waals surface area contributed by atoms with Gasteiger partial charge in [0.15, 0.2) is 0 Å². The first-order chi connectivity index (χ1) is 3.71. The van der Waals surface area contributed by atoms with Crippen molar-refractivity contribution in [2.75, 3.05) is 12.5 Å². The highest BCUT2D eigenvalue weighted by molar-refractivity contribution is 8.12. The Balaban J connectivity index is 4.46. The minimum absolute atomic E-state index is 1.38. The Labute approximate surface area is 56.7 Å². The van der Waals surface area contributed by atoms with Gasteiger partial charge in [0.1, 0.15) is 0 Å². The third-order valence-corrected chi connectivity index (χ3v) is 3.17. The van der Waals surface area contributed by atoms with Gasteiger partial charge in [-0.2, -0.15) is 4.13 Å². The Morgan fingerprint density at radius 2 is 1.33 bits per heavy atom. The first-order valence-electron chi connectivity index (χ1n) is 2.14. The third kappa shape index (κ3) is 8.00. The van der Waals surface area contributed by atoms with Gasteiger partial charge >= 0.3 is 0 Å². The molecule has 0 aromatic carbocycles. The van der Waals surface area contributed by atoms with Crippen LogP contribution in [0.4, 0.5) is 0 Å². The SMILES string of the molecule is C=S(C)(=O)NS(=C)(C)=O. The van der Waals surface area contributed by atoms with Crippen LogP contribution in [-0.2, 0) is 19.4 Å². The zero-order valence-electron chi connectivity index (χ0n) is 5.55. The second-order valence-corrected chi connectivity index (χ2v) is 6.78. The molecule has 1 N–H and O–H groups in total. The van der Waals surface area contributed by atoms with E-state index in [1.165, 1.54) is 12.5 Å². The zero-order valence-corrected chi connectivity index (χ0v) is 7.18. The van der Waals surface area contributed by atoms with Crippen LogP contribution in [0, 0.1) is 0 Å². The maximum Gasteiger partial charge on any atom is 0.0326 e. The highest BCUT2D eigenvalue weighted by Gasteiger charge is 1.97. The lowest BCUT2D eigenvalue weighted by Gasteiger charge is -2.04. The molecule has 5 heteroatoms. The Morgan fingerprint density at radius 3 is 1.33 bits per heavy atom. The van der Waals surface area contributed by atoms with E-state index >= 15 is 0 Å². The van der Waals surface area contributed by atoms with Gasteiger partial charge in [-0.05, 0) is 11.7 Å². The van der Waals surface area contributed by atoms with Crippen LogP contribution in [0.5, 0.6) is 0 Å². The lowest BCUT2D eigenvalue weighted by molar-refractivity contribution is 0.674. The molecule has 2 atom stereocenters. The van der Waals surface area contributed by atoms with Crippen LogP contribution < -0.4 is 4.13 Å². The largest absolute Gasteiger partial charge is 0.252 e. The highest BCUT2D eigenvalue weighted by Crippen LogP contribution is 1.79. The third-order valence-electron chi connectivity index (χ3n) is 0.353. The van der Waals surface area contributed by atoms with Gasteiger partial charge in [0.2, 0.25) is 0 Å². The van der Waals surface area contributed by atoms with Crippen molar-refractivity contribution in [3.8, 4) is 0 Å². The molecule has 0 saturated carbocycles. The van der Waals surface area contributed by atoms with Gasteiger partial charge in [0.05, 0.1) is 0 Å². The van der Waals surface area contributed by atoms with E-state index < -0.39 is 19.4 Å². The molecule has 0 rings (SSSR count). The normalized spacial score (nSPS) is 24.2. The van der Waals surface area contributed by atoms with E-state index in [1.54, 1.807) is 0 Å². The van der Waals surface area contributed by atoms with E-state index in [9.17, 15) is 8.42 Å². The molecule has 0 amide bonds. The van der Waals surface area contributed by atoms with E-state index in [0.717, 1.165) is 0 Å². The van der Waals surface area contributed by atoms with Gasteiger partial charge in [-0.1, -0.05) is 0 Å². The molecule has 0 spiro atoms. The molecular weight excluding hydrogens is 158 g/mol. The van der Waals surface area contributed by atoms with Gasteiger partial charge in [0.25, 0.3) is 0 Å². The van der Waals surface area contributed by atoms with E-state index in [2.05, 4.69) is 15.9 Å². The fourth-order valence-corrected chi connectivity index (χ4v) is 3.36. The fraction of sp³-hybridized carbons (Fsp3) is 0.500. The first kappa shape index (κ1) is 9.00. The number of nitrogens with one attached hydrogen (secondary N) is 1. The van der Waals surface area contributed by atoms with Crippen molar-refractivity contribution in [2.24, 2.45) is 0 Å². The Bertz CT molecular complexity index is 242. The van der Waals surface area contributed by atoms with Crippen LogP contribution in [0.15, 0.2) is 0 Å². The molecule has 0 aliphatic heterocycles. The molecule has 0 heterocycles. The number of hydrogen-bond donors (Lipinski definition) is 1. The molecule has 9 heavy (non-hydrogen) atoms. The van der Waals surface area contributed by atoms with E-state index in [-0.39, 0.29) is 0 Å². The average molecular weight is 169 g/mol. The summed E-state index contributed by atoms with van der Waals surface area (Å²) >= 11 is 0. The van der Waals surface area contributed by atoms with Crippen molar-refractivity contribution in [1.29, 1.82) is 0 Å². The lowest BCUT2D eigenvalue weighted by Crippen LogP contribution is -2.27. The summed E-state index contributed by atoms with van der Waals surface area (Å²) in [6, 6.07) is 0. The van der Waals surface area contributed by atoms with Gasteiger partial charge in [-0.3, -0.25) is 8.42 Å². The molecule has 0 aromatic heterocycles. The molecule has 56 valence electrons. The minimum atomic E-state index is -2.37. The van der Waals surface area contributed by atoms with Gasteiger partial charge in [0, 0.05) is 31.9 Å². The van der Waals surface area contributed by atoms with Crippen molar-refractivity contribution in [2.45, 2.75) is 0 Å². The maximum atomic E-state index is 10.8. The summed E-state index contributed by atoms with van der Waals surface area (Å²) in [7, 11) is -4.74. The number of hydrogen-bond acceptors (Lipinski definition) is 2. The second kappa shape index (κ2) is 2.32. The van der Waals surface area contributed by atoms with Gasteiger partial charge in [-0.15, -0.1) is 0 Å². The average Bonchev–Trinajstić information content (AvgIpc) is 1.14. The quantitative estimate of drug-likeness (QED) is 0.544. The van der Waals surface area contributed by atoms with Crippen LogP contribution in [0.25, 0.3) is 0 Å². The highest BCUT2D eigenvalue weighted by atomic mass is 32.3. The van der Waals surface area contributed by atoms with Gasteiger partial charge in [-0.25, -0.2) is 0 Å². The van der Waals surface area contributed by atoms with Crippen molar-refractivity contribution in [3.63, 3.8) is 0 Å². The fourth-order valence-electron chi connectivity index (χ4n) is 0.373. The molecule has 0 aliphatic rings. The summed E-state index contributed by atoms with van der Waals surface area (Å²) < 4.78 is 23.8. The Hall–Kier alpha value is -0.0000000000000000555. The van der Waals surface area contributed by atoms with Crippen molar-refractivity contribution in [3.05, 3.63) is 0 Å². The number of rotatable bonds is 2. The standard InChI is InChI=1S/C4H11NO2S2/c1-8(2,6)5-9(3,4)7/h1,3H2,2,4H3,(H,5,6,7). The van der Waals surface area contributed by atoms with Crippen LogP contribution >= 0.6 is 0 Å². The van der Waals surface area contributed by atoms with Gasteiger partial charge < -0.3 is 0 Å². The predicted molar refractivity (Wildman–Crippen MR) is 45.5 cm³/mol. The molecule has 0 saturated heterocycles. The molecule has 2 unspecified atom stereocenters. The van der Waals surface area contributed by atoms with Crippen LogP contribution in [-0.4, -0.2) is 32.7 Å². The van der Waals surface area contributed by atoms with Crippen LogP contribution in [0.3, 0.4) is 0 Å². The summed E-state index contributed by atoms with van der Waals surface area (Å²) in [5, 5.41) is 0. The van der Waals surface area contributed by atoms with E-state index in [0.29, 0.717) is 0 Å². The van der Waals surface area contributed by atoms with E-state index in [4.69, 9.17) is 0 Å².